The standard InChI is InChI=1S/C25H46N4O2/c1-18(30)27-16-21-4-3-5-22(15-21)17-28-25(31)29-24-12-8-20(9-13-24)14-19-6-10-23(26-2)11-7-19/h19-24,26H,3-17H2,1-2H3,(H,27,30)(H2,28,29,31). The molecule has 3 fully saturated rings. The number of nitrogens with one attached hydrogen (secondary N) is 4. The molecule has 6 nitrogen and oxygen atoms in total. The van der Waals surface area contributed by atoms with Crippen LogP contribution in [0.1, 0.15) is 90.4 Å². The Labute approximate surface area is 189 Å². The molecule has 3 aliphatic carbocycles. The van der Waals surface area contributed by atoms with Crippen LogP contribution >= 0.6 is 0 Å². The highest BCUT2D eigenvalue weighted by atomic mass is 16.2. The molecular formula is C25H46N4O2. The molecule has 0 spiro atoms. The first-order chi connectivity index (χ1) is 15.0. The third-order valence-corrected chi connectivity index (χ3v) is 8.19. The maximum absolute atomic E-state index is 12.4. The first kappa shape index (κ1) is 24.3. The topological polar surface area (TPSA) is 82.3 Å². The van der Waals surface area contributed by atoms with Crippen molar-refractivity contribution < 1.29 is 9.59 Å². The predicted octanol–water partition coefficient (Wildman–Crippen LogP) is 3.96. The van der Waals surface area contributed by atoms with Crippen LogP contribution in [-0.2, 0) is 4.79 Å². The summed E-state index contributed by atoms with van der Waals surface area (Å²) in [5.74, 6) is 2.92. The largest absolute Gasteiger partial charge is 0.356 e. The van der Waals surface area contributed by atoms with Crippen molar-refractivity contribution in [2.75, 3.05) is 20.1 Å². The minimum absolute atomic E-state index is 0.0119. The summed E-state index contributed by atoms with van der Waals surface area (Å²) in [4.78, 5) is 23.6. The van der Waals surface area contributed by atoms with Crippen LogP contribution in [0.5, 0.6) is 0 Å². The number of carbonyl (C=O) groups excluding carboxylic acids is 2. The van der Waals surface area contributed by atoms with E-state index in [0.29, 0.717) is 17.9 Å². The molecule has 0 aromatic rings. The van der Waals surface area contributed by atoms with Gasteiger partial charge in [0.2, 0.25) is 5.91 Å². The van der Waals surface area contributed by atoms with Crippen molar-refractivity contribution in [3.8, 4) is 0 Å². The van der Waals surface area contributed by atoms with Gasteiger partial charge in [0.05, 0.1) is 0 Å². The van der Waals surface area contributed by atoms with Gasteiger partial charge in [0, 0.05) is 32.1 Å². The maximum Gasteiger partial charge on any atom is 0.315 e. The van der Waals surface area contributed by atoms with Gasteiger partial charge in [0.1, 0.15) is 0 Å². The molecule has 0 heterocycles. The molecule has 0 saturated heterocycles. The quantitative estimate of drug-likeness (QED) is 0.467. The lowest BCUT2D eigenvalue weighted by molar-refractivity contribution is -0.119. The van der Waals surface area contributed by atoms with Gasteiger partial charge in [-0.2, -0.15) is 0 Å². The third-order valence-electron chi connectivity index (χ3n) is 8.19. The second-order valence-corrected chi connectivity index (χ2v) is 10.6. The maximum atomic E-state index is 12.4. The Balaban J connectivity index is 1.26. The van der Waals surface area contributed by atoms with Crippen LogP contribution < -0.4 is 21.3 Å². The van der Waals surface area contributed by atoms with Crippen molar-refractivity contribution >= 4 is 11.9 Å². The fraction of sp³-hybridized carbons (Fsp3) is 0.920. The van der Waals surface area contributed by atoms with Crippen LogP contribution in [0.25, 0.3) is 0 Å². The van der Waals surface area contributed by atoms with E-state index in [2.05, 4.69) is 28.3 Å². The molecule has 3 saturated carbocycles. The molecule has 6 heteroatoms. The molecule has 0 bridgehead atoms. The summed E-state index contributed by atoms with van der Waals surface area (Å²) in [5, 5.41) is 12.7. The molecule has 31 heavy (non-hydrogen) atoms. The van der Waals surface area contributed by atoms with E-state index >= 15 is 0 Å². The molecule has 0 radical (unpaired) electrons. The summed E-state index contributed by atoms with van der Waals surface area (Å²) in [5.41, 5.74) is 0. The van der Waals surface area contributed by atoms with Crippen molar-refractivity contribution in [1.82, 2.24) is 21.3 Å². The summed E-state index contributed by atoms with van der Waals surface area (Å²) in [7, 11) is 2.09. The zero-order valence-electron chi connectivity index (χ0n) is 19.9. The van der Waals surface area contributed by atoms with Crippen LogP contribution in [0.3, 0.4) is 0 Å². The molecule has 2 atom stereocenters. The fourth-order valence-corrected chi connectivity index (χ4v) is 6.24. The molecule has 0 aromatic carbocycles. The van der Waals surface area contributed by atoms with Crippen molar-refractivity contribution in [3.05, 3.63) is 0 Å². The van der Waals surface area contributed by atoms with Crippen LogP contribution in [0, 0.1) is 23.7 Å². The van der Waals surface area contributed by atoms with Gasteiger partial charge in [-0.05, 0) is 108 Å². The van der Waals surface area contributed by atoms with Crippen LogP contribution in [0.4, 0.5) is 4.79 Å². The Bertz CT molecular complexity index is 554. The number of amides is 3. The van der Waals surface area contributed by atoms with Crippen molar-refractivity contribution in [1.29, 1.82) is 0 Å². The number of rotatable bonds is 8. The lowest BCUT2D eigenvalue weighted by atomic mass is 9.76. The van der Waals surface area contributed by atoms with Gasteiger partial charge in [-0.1, -0.05) is 6.42 Å². The van der Waals surface area contributed by atoms with E-state index in [9.17, 15) is 9.59 Å². The lowest BCUT2D eigenvalue weighted by Gasteiger charge is -2.34. The third kappa shape index (κ3) is 8.63. The van der Waals surface area contributed by atoms with Gasteiger partial charge in [-0.25, -0.2) is 4.79 Å². The van der Waals surface area contributed by atoms with Gasteiger partial charge in [-0.3, -0.25) is 4.79 Å². The summed E-state index contributed by atoms with van der Waals surface area (Å²) in [6.07, 6.45) is 16.3. The number of hydrogen-bond donors (Lipinski definition) is 4. The van der Waals surface area contributed by atoms with E-state index in [0.717, 1.165) is 50.2 Å². The van der Waals surface area contributed by atoms with E-state index in [4.69, 9.17) is 0 Å². The molecule has 3 rings (SSSR count). The van der Waals surface area contributed by atoms with Crippen LogP contribution in [0.2, 0.25) is 0 Å². The Kier molecular flexibility index (Phi) is 9.95. The SMILES string of the molecule is CNC1CCC(CC2CCC(NC(=O)NCC3CCCC(CNC(C)=O)C3)CC2)CC1. The molecule has 3 aliphatic rings. The minimum atomic E-state index is 0.0119. The Morgan fingerprint density at radius 3 is 1.81 bits per heavy atom. The average molecular weight is 435 g/mol. The molecule has 2 unspecified atom stereocenters. The number of carbonyl (C=O) groups is 2. The van der Waals surface area contributed by atoms with Gasteiger partial charge in [-0.15, -0.1) is 0 Å². The van der Waals surface area contributed by atoms with Crippen LogP contribution in [0.15, 0.2) is 0 Å². The normalized spacial score (nSPS) is 34.0. The smallest absolute Gasteiger partial charge is 0.315 e. The second-order valence-electron chi connectivity index (χ2n) is 10.6. The van der Waals surface area contributed by atoms with Gasteiger partial charge >= 0.3 is 6.03 Å². The summed E-state index contributed by atoms with van der Waals surface area (Å²) < 4.78 is 0. The first-order valence-electron chi connectivity index (χ1n) is 13.0. The highest BCUT2D eigenvalue weighted by Crippen LogP contribution is 2.35. The summed E-state index contributed by atoms with van der Waals surface area (Å²) >= 11 is 0. The number of hydrogen-bond acceptors (Lipinski definition) is 3. The number of urea groups is 1. The molecule has 4 N–H and O–H groups in total. The van der Waals surface area contributed by atoms with E-state index in [1.807, 2.05) is 0 Å². The zero-order valence-corrected chi connectivity index (χ0v) is 19.9. The van der Waals surface area contributed by atoms with Crippen molar-refractivity contribution in [3.63, 3.8) is 0 Å². The summed E-state index contributed by atoms with van der Waals surface area (Å²) in [6.45, 7) is 3.11. The van der Waals surface area contributed by atoms with E-state index in [1.54, 1.807) is 6.92 Å². The molecule has 3 amide bonds. The Hall–Kier alpha value is -1.30. The van der Waals surface area contributed by atoms with Gasteiger partial charge < -0.3 is 21.3 Å². The highest BCUT2D eigenvalue weighted by molar-refractivity contribution is 5.74. The lowest BCUT2D eigenvalue weighted by Crippen LogP contribution is -2.45. The van der Waals surface area contributed by atoms with Crippen LogP contribution in [-0.4, -0.2) is 44.2 Å². The second kappa shape index (κ2) is 12.7. The predicted molar refractivity (Wildman–Crippen MR) is 126 cm³/mol. The van der Waals surface area contributed by atoms with E-state index < -0.39 is 0 Å². The van der Waals surface area contributed by atoms with Crippen molar-refractivity contribution in [2.24, 2.45) is 23.7 Å². The molecule has 0 aliphatic heterocycles. The zero-order chi connectivity index (χ0) is 22.1. The minimum Gasteiger partial charge on any atom is -0.356 e. The average Bonchev–Trinajstić information content (AvgIpc) is 2.78. The molecule has 0 aromatic heterocycles. The van der Waals surface area contributed by atoms with Gasteiger partial charge in [0.15, 0.2) is 0 Å². The Morgan fingerprint density at radius 2 is 1.26 bits per heavy atom. The summed E-state index contributed by atoms with van der Waals surface area (Å²) in [6, 6.07) is 1.10. The molecule has 178 valence electrons. The highest BCUT2D eigenvalue weighted by Gasteiger charge is 2.27. The van der Waals surface area contributed by atoms with E-state index in [-0.39, 0.29) is 11.9 Å². The molecular weight excluding hydrogens is 388 g/mol. The first-order valence-corrected chi connectivity index (χ1v) is 13.0. The van der Waals surface area contributed by atoms with Crippen molar-refractivity contribution in [2.45, 2.75) is 102 Å². The Morgan fingerprint density at radius 1 is 0.710 bits per heavy atom. The van der Waals surface area contributed by atoms with Gasteiger partial charge in [0.25, 0.3) is 0 Å². The monoisotopic (exact) mass is 434 g/mol. The van der Waals surface area contributed by atoms with E-state index in [1.165, 1.54) is 64.2 Å². The fourth-order valence-electron chi connectivity index (χ4n) is 6.24.